The predicted octanol–water partition coefficient (Wildman–Crippen LogP) is 1.92. The van der Waals surface area contributed by atoms with Crippen molar-refractivity contribution in [3.05, 3.63) is 41.5 Å². The van der Waals surface area contributed by atoms with Crippen molar-refractivity contribution >= 4 is 5.91 Å². The minimum atomic E-state index is -0.193. The van der Waals surface area contributed by atoms with E-state index in [0.29, 0.717) is 6.54 Å². The number of carbonyl (C=O) groups excluding carboxylic acids is 1. The Morgan fingerprint density at radius 2 is 2.04 bits per heavy atom. The van der Waals surface area contributed by atoms with Gasteiger partial charge in [-0.15, -0.1) is 0 Å². The number of imidazole rings is 1. The number of hydrogen-bond donors (Lipinski definition) is 1. The minimum absolute atomic E-state index is 0.0401. The number of aryl methyl sites for hydroxylation is 2. The number of rotatable bonds is 5. The van der Waals surface area contributed by atoms with E-state index in [2.05, 4.69) is 25.2 Å². The second kappa shape index (κ2) is 7.76. The molecule has 3 heterocycles. The van der Waals surface area contributed by atoms with Crippen LogP contribution in [-0.2, 0) is 24.9 Å². The van der Waals surface area contributed by atoms with Crippen molar-refractivity contribution < 1.29 is 4.79 Å². The summed E-state index contributed by atoms with van der Waals surface area (Å²) in [6.07, 6.45) is 10.6. The molecule has 0 unspecified atom stereocenters. The highest BCUT2D eigenvalue weighted by Crippen LogP contribution is 2.31. The van der Waals surface area contributed by atoms with Crippen molar-refractivity contribution in [1.82, 2.24) is 29.7 Å². The van der Waals surface area contributed by atoms with Gasteiger partial charge in [-0.25, -0.2) is 4.98 Å². The molecule has 2 aromatic heterocycles. The maximum Gasteiger partial charge on any atom is 0.230 e. The topological polar surface area (TPSA) is 75.9 Å². The van der Waals surface area contributed by atoms with E-state index < -0.39 is 0 Å². The molecule has 0 saturated heterocycles. The van der Waals surface area contributed by atoms with Gasteiger partial charge in [-0.1, -0.05) is 12.8 Å². The van der Waals surface area contributed by atoms with E-state index in [-0.39, 0.29) is 11.8 Å². The van der Waals surface area contributed by atoms with Crippen LogP contribution in [0.1, 0.15) is 54.4 Å². The molecule has 2 aromatic rings. The van der Waals surface area contributed by atoms with Gasteiger partial charge < -0.3 is 9.88 Å². The standard InChI is InChI=1S/C20H28N6O/c1-14-7-22-16(8-21-14)9-23-20(27)17-11-26(10-15-5-3-4-6-15)12-18-19(17)25(2)13-24-18/h7-8,13,15,17H,3-6,9-12H2,1-2H3,(H,23,27)/t17-/m1/s1. The number of amides is 1. The molecule has 1 aliphatic carbocycles. The van der Waals surface area contributed by atoms with Crippen LogP contribution in [0.4, 0.5) is 0 Å². The molecule has 0 bridgehead atoms. The van der Waals surface area contributed by atoms with Crippen molar-refractivity contribution in [2.75, 3.05) is 13.1 Å². The Morgan fingerprint density at radius 1 is 1.22 bits per heavy atom. The summed E-state index contributed by atoms with van der Waals surface area (Å²) in [6.45, 7) is 4.98. The first-order chi connectivity index (χ1) is 13.1. The first-order valence-electron chi connectivity index (χ1n) is 9.88. The Kier molecular flexibility index (Phi) is 5.20. The van der Waals surface area contributed by atoms with Crippen LogP contribution < -0.4 is 5.32 Å². The molecule has 7 heteroatoms. The zero-order valence-electron chi connectivity index (χ0n) is 16.2. The lowest BCUT2D eigenvalue weighted by Gasteiger charge is -2.33. The van der Waals surface area contributed by atoms with Gasteiger partial charge in [0.25, 0.3) is 0 Å². The fourth-order valence-corrected chi connectivity index (χ4v) is 4.39. The maximum atomic E-state index is 13.0. The van der Waals surface area contributed by atoms with Gasteiger partial charge in [0, 0.05) is 32.9 Å². The SMILES string of the molecule is Cc1cnc(CNC(=O)[C@@H]2CN(CC3CCCC3)Cc3ncn(C)c32)cn1. The summed E-state index contributed by atoms with van der Waals surface area (Å²) in [5.41, 5.74) is 3.74. The molecular weight excluding hydrogens is 340 g/mol. The molecule has 0 aromatic carbocycles. The third-order valence-electron chi connectivity index (χ3n) is 5.79. The molecule has 27 heavy (non-hydrogen) atoms. The smallest absolute Gasteiger partial charge is 0.230 e. The molecule has 1 N–H and O–H groups in total. The predicted molar refractivity (Wildman–Crippen MR) is 102 cm³/mol. The molecule has 0 radical (unpaired) electrons. The van der Waals surface area contributed by atoms with E-state index in [4.69, 9.17) is 0 Å². The van der Waals surface area contributed by atoms with Crippen molar-refractivity contribution in [1.29, 1.82) is 0 Å². The number of aromatic nitrogens is 4. The van der Waals surface area contributed by atoms with Crippen molar-refractivity contribution in [3.63, 3.8) is 0 Å². The molecule has 4 rings (SSSR count). The number of hydrogen-bond acceptors (Lipinski definition) is 5. The van der Waals surface area contributed by atoms with Gasteiger partial charge in [0.2, 0.25) is 5.91 Å². The highest BCUT2D eigenvalue weighted by molar-refractivity contribution is 5.84. The molecule has 1 atom stereocenters. The highest BCUT2D eigenvalue weighted by atomic mass is 16.1. The largest absolute Gasteiger partial charge is 0.350 e. The normalized spacial score (nSPS) is 20.6. The molecular formula is C20H28N6O. The van der Waals surface area contributed by atoms with E-state index >= 15 is 0 Å². The fraction of sp³-hybridized carbons (Fsp3) is 0.600. The molecule has 1 fully saturated rings. The van der Waals surface area contributed by atoms with E-state index in [1.165, 1.54) is 25.7 Å². The summed E-state index contributed by atoms with van der Waals surface area (Å²) in [5.74, 6) is 0.612. The lowest BCUT2D eigenvalue weighted by Crippen LogP contribution is -2.43. The van der Waals surface area contributed by atoms with Crippen LogP contribution in [0, 0.1) is 12.8 Å². The summed E-state index contributed by atoms with van der Waals surface area (Å²) >= 11 is 0. The van der Waals surface area contributed by atoms with Crippen LogP contribution in [0.15, 0.2) is 18.7 Å². The van der Waals surface area contributed by atoms with Crippen molar-refractivity contribution in [3.8, 4) is 0 Å². The number of fused-ring (bicyclic) bond motifs is 1. The second-order valence-corrected chi connectivity index (χ2v) is 7.95. The molecule has 2 aliphatic rings. The second-order valence-electron chi connectivity index (χ2n) is 7.95. The average molecular weight is 368 g/mol. The summed E-state index contributed by atoms with van der Waals surface area (Å²) < 4.78 is 2.00. The summed E-state index contributed by atoms with van der Waals surface area (Å²) in [7, 11) is 1.98. The third kappa shape index (κ3) is 4.03. The molecule has 1 aliphatic heterocycles. The Balaban J connectivity index is 1.46. The average Bonchev–Trinajstić information content (AvgIpc) is 3.30. The van der Waals surface area contributed by atoms with Gasteiger partial charge in [0.15, 0.2) is 0 Å². The Bertz CT molecular complexity index is 793. The van der Waals surface area contributed by atoms with E-state index in [1.807, 2.05) is 24.9 Å². The van der Waals surface area contributed by atoms with E-state index in [0.717, 1.165) is 48.3 Å². The highest BCUT2D eigenvalue weighted by Gasteiger charge is 2.34. The molecule has 144 valence electrons. The monoisotopic (exact) mass is 368 g/mol. The summed E-state index contributed by atoms with van der Waals surface area (Å²) in [4.78, 5) is 28.6. The summed E-state index contributed by atoms with van der Waals surface area (Å²) in [6, 6.07) is 0. The van der Waals surface area contributed by atoms with Gasteiger partial charge in [-0.05, 0) is 25.7 Å². The van der Waals surface area contributed by atoms with Crippen LogP contribution in [-0.4, -0.2) is 43.4 Å². The van der Waals surface area contributed by atoms with Gasteiger partial charge in [0.05, 0.1) is 47.8 Å². The number of nitrogens with zero attached hydrogens (tertiary/aromatic N) is 5. The quantitative estimate of drug-likeness (QED) is 0.873. The van der Waals surface area contributed by atoms with Gasteiger partial charge in [-0.3, -0.25) is 19.7 Å². The van der Waals surface area contributed by atoms with Gasteiger partial charge >= 0.3 is 0 Å². The third-order valence-corrected chi connectivity index (χ3v) is 5.79. The minimum Gasteiger partial charge on any atom is -0.350 e. The van der Waals surface area contributed by atoms with Crippen LogP contribution >= 0.6 is 0 Å². The summed E-state index contributed by atoms with van der Waals surface area (Å²) in [5, 5.41) is 3.05. The van der Waals surface area contributed by atoms with Crippen LogP contribution in [0.5, 0.6) is 0 Å². The Labute approximate surface area is 160 Å². The van der Waals surface area contributed by atoms with E-state index in [1.54, 1.807) is 12.4 Å². The lowest BCUT2D eigenvalue weighted by molar-refractivity contribution is -0.123. The van der Waals surface area contributed by atoms with Crippen LogP contribution in [0.25, 0.3) is 0 Å². The van der Waals surface area contributed by atoms with Crippen LogP contribution in [0.2, 0.25) is 0 Å². The van der Waals surface area contributed by atoms with Gasteiger partial charge in [-0.2, -0.15) is 0 Å². The molecule has 1 amide bonds. The van der Waals surface area contributed by atoms with Crippen LogP contribution in [0.3, 0.4) is 0 Å². The lowest BCUT2D eigenvalue weighted by atomic mass is 9.95. The molecule has 1 saturated carbocycles. The Hall–Kier alpha value is -2.28. The van der Waals surface area contributed by atoms with E-state index in [9.17, 15) is 4.79 Å². The maximum absolute atomic E-state index is 13.0. The Morgan fingerprint density at radius 3 is 2.78 bits per heavy atom. The zero-order valence-corrected chi connectivity index (χ0v) is 16.2. The van der Waals surface area contributed by atoms with Crippen molar-refractivity contribution in [2.24, 2.45) is 13.0 Å². The zero-order chi connectivity index (χ0) is 18.8. The first-order valence-corrected chi connectivity index (χ1v) is 9.88. The number of nitrogens with one attached hydrogen (secondary N) is 1. The molecule has 7 nitrogen and oxygen atoms in total. The van der Waals surface area contributed by atoms with Gasteiger partial charge in [0.1, 0.15) is 0 Å². The first kappa shape index (κ1) is 18.1. The number of carbonyl (C=O) groups is 1. The van der Waals surface area contributed by atoms with Crippen molar-refractivity contribution in [2.45, 2.75) is 51.6 Å². The molecule has 0 spiro atoms. The fourth-order valence-electron chi connectivity index (χ4n) is 4.39.